The van der Waals surface area contributed by atoms with Crippen LogP contribution in [0.4, 0.5) is 10.1 Å². The average molecular weight is 224 g/mol. The van der Waals surface area contributed by atoms with E-state index in [0.29, 0.717) is 17.7 Å². The molecular weight excluding hydrogens is 207 g/mol. The minimum Gasteiger partial charge on any atom is -0.326 e. The summed E-state index contributed by atoms with van der Waals surface area (Å²) in [7, 11) is 1.84. The topological polar surface area (TPSA) is 41.1 Å². The van der Waals surface area contributed by atoms with Gasteiger partial charge in [-0.25, -0.2) is 4.39 Å². The summed E-state index contributed by atoms with van der Waals surface area (Å²) >= 11 is 0. The van der Waals surface area contributed by atoms with Gasteiger partial charge in [0.05, 0.1) is 0 Å². The van der Waals surface area contributed by atoms with E-state index in [1.807, 2.05) is 7.05 Å². The van der Waals surface area contributed by atoms with Crippen LogP contribution in [0.2, 0.25) is 0 Å². The Balaban J connectivity index is 2.46. The van der Waals surface area contributed by atoms with E-state index in [1.165, 1.54) is 6.07 Å². The lowest BCUT2D eigenvalue weighted by molar-refractivity contribution is -0.116. The van der Waals surface area contributed by atoms with Gasteiger partial charge in [0.25, 0.3) is 0 Å². The van der Waals surface area contributed by atoms with Gasteiger partial charge >= 0.3 is 0 Å². The highest BCUT2D eigenvalue weighted by molar-refractivity contribution is 5.90. The molecule has 1 aromatic carbocycles. The summed E-state index contributed by atoms with van der Waals surface area (Å²) in [6.45, 7) is 2.49. The standard InChI is InChI=1S/C12H17FN2O/c1-9-5-6-10(8-11(9)13)15-12(16)4-3-7-14-2/h5-6,8,14H,3-4,7H2,1-2H3,(H,15,16). The number of hydrogen-bond acceptors (Lipinski definition) is 2. The molecular formula is C12H17FN2O. The quantitative estimate of drug-likeness (QED) is 0.752. The van der Waals surface area contributed by atoms with Gasteiger partial charge in [-0.05, 0) is 44.6 Å². The summed E-state index contributed by atoms with van der Waals surface area (Å²) in [6.07, 6.45) is 1.22. The Labute approximate surface area is 95.0 Å². The van der Waals surface area contributed by atoms with Crippen molar-refractivity contribution >= 4 is 11.6 Å². The van der Waals surface area contributed by atoms with Crippen molar-refractivity contribution in [1.82, 2.24) is 5.32 Å². The van der Waals surface area contributed by atoms with E-state index in [2.05, 4.69) is 10.6 Å². The lowest BCUT2D eigenvalue weighted by Crippen LogP contribution is -2.15. The molecule has 0 fully saturated rings. The third-order valence-electron chi connectivity index (χ3n) is 2.29. The minimum atomic E-state index is -0.298. The first-order valence-corrected chi connectivity index (χ1v) is 5.34. The largest absolute Gasteiger partial charge is 0.326 e. The summed E-state index contributed by atoms with van der Waals surface area (Å²) < 4.78 is 13.2. The predicted octanol–water partition coefficient (Wildman–Crippen LogP) is 2.07. The second kappa shape index (κ2) is 6.23. The molecule has 4 heteroatoms. The molecule has 0 aromatic heterocycles. The van der Waals surface area contributed by atoms with Crippen LogP contribution in [0.1, 0.15) is 18.4 Å². The van der Waals surface area contributed by atoms with Crippen LogP contribution in [0, 0.1) is 12.7 Å². The summed E-state index contributed by atoms with van der Waals surface area (Å²) in [5.74, 6) is -0.383. The van der Waals surface area contributed by atoms with Crippen molar-refractivity contribution in [2.45, 2.75) is 19.8 Å². The molecule has 0 aliphatic heterocycles. The van der Waals surface area contributed by atoms with Crippen molar-refractivity contribution < 1.29 is 9.18 Å². The Hall–Kier alpha value is -1.42. The van der Waals surface area contributed by atoms with Crippen LogP contribution < -0.4 is 10.6 Å². The molecule has 0 atom stereocenters. The highest BCUT2D eigenvalue weighted by Gasteiger charge is 2.03. The van der Waals surface area contributed by atoms with Crippen LogP contribution in [0.3, 0.4) is 0 Å². The highest BCUT2D eigenvalue weighted by Crippen LogP contribution is 2.13. The van der Waals surface area contributed by atoms with Gasteiger partial charge in [-0.15, -0.1) is 0 Å². The maximum atomic E-state index is 13.2. The van der Waals surface area contributed by atoms with Crippen molar-refractivity contribution in [3.05, 3.63) is 29.6 Å². The average Bonchev–Trinajstić information content (AvgIpc) is 2.24. The summed E-state index contributed by atoms with van der Waals surface area (Å²) in [6, 6.07) is 4.69. The maximum absolute atomic E-state index is 13.2. The number of anilines is 1. The maximum Gasteiger partial charge on any atom is 0.224 e. The van der Waals surface area contributed by atoms with E-state index in [0.717, 1.165) is 13.0 Å². The summed E-state index contributed by atoms with van der Waals surface area (Å²) in [5.41, 5.74) is 1.09. The Morgan fingerprint density at radius 3 is 2.81 bits per heavy atom. The van der Waals surface area contributed by atoms with Gasteiger partial charge in [0.1, 0.15) is 5.82 Å². The minimum absolute atomic E-state index is 0.0847. The summed E-state index contributed by atoms with van der Waals surface area (Å²) in [5, 5.41) is 5.63. The SMILES string of the molecule is CNCCCC(=O)Nc1ccc(C)c(F)c1. The van der Waals surface area contributed by atoms with E-state index >= 15 is 0 Å². The smallest absolute Gasteiger partial charge is 0.224 e. The third kappa shape index (κ3) is 3.98. The first-order chi connectivity index (χ1) is 7.63. The van der Waals surface area contributed by atoms with Crippen molar-refractivity contribution in [2.24, 2.45) is 0 Å². The molecule has 1 amide bonds. The van der Waals surface area contributed by atoms with E-state index in [4.69, 9.17) is 0 Å². The highest BCUT2D eigenvalue weighted by atomic mass is 19.1. The number of amides is 1. The molecule has 0 saturated heterocycles. The molecule has 0 radical (unpaired) electrons. The molecule has 88 valence electrons. The van der Waals surface area contributed by atoms with Gasteiger partial charge in [0, 0.05) is 12.1 Å². The molecule has 0 saturated carbocycles. The number of hydrogen-bond donors (Lipinski definition) is 2. The van der Waals surface area contributed by atoms with E-state index in [1.54, 1.807) is 19.1 Å². The van der Waals surface area contributed by atoms with Crippen molar-refractivity contribution in [3.8, 4) is 0 Å². The van der Waals surface area contributed by atoms with E-state index in [9.17, 15) is 9.18 Å². The van der Waals surface area contributed by atoms with Gasteiger partial charge in [-0.2, -0.15) is 0 Å². The van der Waals surface area contributed by atoms with E-state index in [-0.39, 0.29) is 11.7 Å². The molecule has 0 aliphatic rings. The predicted molar refractivity (Wildman–Crippen MR) is 62.9 cm³/mol. The molecule has 1 aromatic rings. The van der Waals surface area contributed by atoms with Gasteiger partial charge < -0.3 is 10.6 Å². The number of nitrogens with one attached hydrogen (secondary N) is 2. The van der Waals surface area contributed by atoms with Gasteiger partial charge in [0.2, 0.25) is 5.91 Å². The zero-order chi connectivity index (χ0) is 12.0. The molecule has 16 heavy (non-hydrogen) atoms. The van der Waals surface area contributed by atoms with Crippen molar-refractivity contribution in [2.75, 3.05) is 18.9 Å². The number of rotatable bonds is 5. The zero-order valence-electron chi connectivity index (χ0n) is 9.64. The van der Waals surface area contributed by atoms with Crippen LogP contribution in [-0.2, 0) is 4.79 Å². The first-order valence-electron chi connectivity index (χ1n) is 5.34. The number of halogens is 1. The van der Waals surface area contributed by atoms with E-state index < -0.39 is 0 Å². The number of aryl methyl sites for hydroxylation is 1. The van der Waals surface area contributed by atoms with Crippen LogP contribution >= 0.6 is 0 Å². The Kier molecular flexibility index (Phi) is 4.92. The Morgan fingerprint density at radius 1 is 1.44 bits per heavy atom. The molecule has 0 bridgehead atoms. The van der Waals surface area contributed by atoms with Crippen LogP contribution in [0.5, 0.6) is 0 Å². The first kappa shape index (κ1) is 12.6. The van der Waals surface area contributed by atoms with Crippen molar-refractivity contribution in [1.29, 1.82) is 0 Å². The summed E-state index contributed by atoms with van der Waals surface area (Å²) in [4.78, 5) is 11.4. The fraction of sp³-hybridized carbons (Fsp3) is 0.417. The number of benzene rings is 1. The van der Waals surface area contributed by atoms with Gasteiger partial charge in [0.15, 0.2) is 0 Å². The second-order valence-electron chi connectivity index (χ2n) is 3.72. The zero-order valence-corrected chi connectivity index (χ0v) is 9.64. The van der Waals surface area contributed by atoms with Gasteiger partial charge in [-0.1, -0.05) is 6.07 Å². The molecule has 0 unspecified atom stereocenters. The fourth-order valence-electron chi connectivity index (χ4n) is 1.32. The number of carbonyl (C=O) groups is 1. The van der Waals surface area contributed by atoms with Crippen LogP contribution in [-0.4, -0.2) is 19.5 Å². The third-order valence-corrected chi connectivity index (χ3v) is 2.29. The molecule has 0 aliphatic carbocycles. The Bertz CT molecular complexity index is 366. The van der Waals surface area contributed by atoms with Gasteiger partial charge in [-0.3, -0.25) is 4.79 Å². The number of carbonyl (C=O) groups excluding carboxylic acids is 1. The lowest BCUT2D eigenvalue weighted by Gasteiger charge is -2.06. The fourth-order valence-corrected chi connectivity index (χ4v) is 1.32. The molecule has 3 nitrogen and oxygen atoms in total. The normalized spacial score (nSPS) is 10.2. The van der Waals surface area contributed by atoms with Crippen LogP contribution in [0.25, 0.3) is 0 Å². The molecule has 2 N–H and O–H groups in total. The molecule has 0 spiro atoms. The Morgan fingerprint density at radius 2 is 2.19 bits per heavy atom. The lowest BCUT2D eigenvalue weighted by atomic mass is 10.2. The van der Waals surface area contributed by atoms with Crippen molar-refractivity contribution in [3.63, 3.8) is 0 Å². The monoisotopic (exact) mass is 224 g/mol. The second-order valence-corrected chi connectivity index (χ2v) is 3.72. The van der Waals surface area contributed by atoms with Crippen LogP contribution in [0.15, 0.2) is 18.2 Å². The molecule has 1 rings (SSSR count). The molecule has 0 heterocycles.